The zero-order valence-electron chi connectivity index (χ0n) is 8.90. The summed E-state index contributed by atoms with van der Waals surface area (Å²) in [6, 6.07) is -0.236. The van der Waals surface area contributed by atoms with E-state index in [4.69, 9.17) is 14.6 Å². The van der Waals surface area contributed by atoms with Gasteiger partial charge in [0.2, 0.25) is 0 Å². The number of carbonyl (C=O) groups is 1. The van der Waals surface area contributed by atoms with Gasteiger partial charge < -0.3 is 19.9 Å². The van der Waals surface area contributed by atoms with E-state index in [1.54, 1.807) is 27.7 Å². The third kappa shape index (κ3) is 3.51. The third-order valence-corrected chi connectivity index (χ3v) is 1.74. The summed E-state index contributed by atoms with van der Waals surface area (Å²) in [4.78, 5) is 11.2. The van der Waals surface area contributed by atoms with Crippen LogP contribution in [0.4, 0.5) is 4.79 Å². The van der Waals surface area contributed by atoms with Gasteiger partial charge in [0.15, 0.2) is 6.29 Å². The predicted octanol–water partition coefficient (Wildman–Crippen LogP) is 0.617. The van der Waals surface area contributed by atoms with Crippen LogP contribution in [-0.2, 0) is 9.47 Å². The molecule has 1 fully saturated rings. The molecule has 2 unspecified atom stereocenters. The number of alkyl carbamates (subject to hydrolysis) is 1. The van der Waals surface area contributed by atoms with E-state index in [9.17, 15) is 4.79 Å². The Bertz CT molecular complexity index is 223. The summed E-state index contributed by atoms with van der Waals surface area (Å²) in [6.07, 6.45) is -1.55. The number of carbonyl (C=O) groups excluding carboxylic acids is 1. The second-order valence-corrected chi connectivity index (χ2v) is 4.43. The van der Waals surface area contributed by atoms with Crippen LogP contribution >= 0.6 is 0 Å². The van der Waals surface area contributed by atoms with Crippen molar-refractivity contribution in [3.63, 3.8) is 0 Å². The highest BCUT2D eigenvalue weighted by Crippen LogP contribution is 2.22. The molecule has 14 heavy (non-hydrogen) atoms. The topological polar surface area (TPSA) is 71.1 Å². The molecule has 0 aliphatic carbocycles. The maximum atomic E-state index is 11.2. The Morgan fingerprint density at radius 2 is 2.07 bits per heavy atom. The SMILES string of the molecule is C[C@@H](NC(=O)OC(C)(C)C)C1OC1O. The lowest BCUT2D eigenvalue weighted by atomic mass is 10.2. The Kier molecular flexibility index (Phi) is 3.01. The quantitative estimate of drug-likeness (QED) is 0.645. The maximum absolute atomic E-state index is 11.2. The van der Waals surface area contributed by atoms with E-state index in [2.05, 4.69) is 5.32 Å². The molecule has 0 spiro atoms. The van der Waals surface area contributed by atoms with Crippen molar-refractivity contribution < 1.29 is 19.4 Å². The van der Waals surface area contributed by atoms with Gasteiger partial charge in [-0.05, 0) is 27.7 Å². The number of aliphatic hydroxyl groups excluding tert-OH is 1. The standard InChI is InChI=1S/C9H17NO4/c1-5(6-7(11)13-6)10-8(12)14-9(2,3)4/h5-7,11H,1-4H3,(H,10,12)/t5-,6?,7?/m1/s1. The summed E-state index contributed by atoms with van der Waals surface area (Å²) in [5, 5.41) is 11.5. The van der Waals surface area contributed by atoms with Crippen molar-refractivity contribution in [3.05, 3.63) is 0 Å². The number of nitrogens with one attached hydrogen (secondary N) is 1. The van der Waals surface area contributed by atoms with Crippen molar-refractivity contribution in [2.75, 3.05) is 0 Å². The lowest BCUT2D eigenvalue weighted by Gasteiger charge is -2.21. The van der Waals surface area contributed by atoms with E-state index in [1.165, 1.54) is 0 Å². The fourth-order valence-corrected chi connectivity index (χ4v) is 1.06. The number of amides is 1. The second kappa shape index (κ2) is 3.74. The average molecular weight is 203 g/mol. The van der Waals surface area contributed by atoms with Gasteiger partial charge in [-0.15, -0.1) is 0 Å². The molecule has 0 radical (unpaired) electrons. The molecular formula is C9H17NO4. The van der Waals surface area contributed by atoms with Crippen molar-refractivity contribution in [3.8, 4) is 0 Å². The molecule has 0 aromatic rings. The first-order chi connectivity index (χ1) is 6.29. The third-order valence-electron chi connectivity index (χ3n) is 1.74. The van der Waals surface area contributed by atoms with Crippen LogP contribution in [0, 0.1) is 0 Å². The number of hydrogen-bond donors (Lipinski definition) is 2. The fourth-order valence-electron chi connectivity index (χ4n) is 1.06. The summed E-state index contributed by atoms with van der Waals surface area (Å²) >= 11 is 0. The zero-order chi connectivity index (χ0) is 10.9. The largest absolute Gasteiger partial charge is 0.444 e. The molecule has 0 aromatic heterocycles. The molecule has 0 bridgehead atoms. The highest BCUT2D eigenvalue weighted by atomic mass is 16.7. The van der Waals surface area contributed by atoms with Crippen molar-refractivity contribution >= 4 is 6.09 Å². The molecular weight excluding hydrogens is 186 g/mol. The van der Waals surface area contributed by atoms with Gasteiger partial charge in [-0.2, -0.15) is 0 Å². The molecule has 1 aliphatic heterocycles. The summed E-state index contributed by atoms with van der Waals surface area (Å²) in [5.74, 6) is 0. The molecule has 1 saturated heterocycles. The lowest BCUT2D eigenvalue weighted by Crippen LogP contribution is -2.40. The van der Waals surface area contributed by atoms with Gasteiger partial charge in [0.25, 0.3) is 0 Å². The van der Waals surface area contributed by atoms with Crippen molar-refractivity contribution in [2.24, 2.45) is 0 Å². The van der Waals surface area contributed by atoms with Gasteiger partial charge >= 0.3 is 6.09 Å². The maximum Gasteiger partial charge on any atom is 0.407 e. The van der Waals surface area contributed by atoms with Crippen molar-refractivity contribution in [2.45, 2.75) is 51.7 Å². The van der Waals surface area contributed by atoms with Crippen LogP contribution < -0.4 is 5.32 Å². The van der Waals surface area contributed by atoms with Crippen LogP contribution in [0.5, 0.6) is 0 Å². The molecule has 0 aromatic carbocycles. The number of ether oxygens (including phenoxy) is 2. The molecule has 1 rings (SSSR count). The minimum Gasteiger partial charge on any atom is -0.444 e. The van der Waals surface area contributed by atoms with Gasteiger partial charge in [0, 0.05) is 0 Å². The lowest BCUT2D eigenvalue weighted by molar-refractivity contribution is 0.0500. The highest BCUT2D eigenvalue weighted by molar-refractivity contribution is 5.68. The molecule has 5 heteroatoms. The molecule has 1 aliphatic rings. The van der Waals surface area contributed by atoms with Gasteiger partial charge in [-0.1, -0.05) is 0 Å². The van der Waals surface area contributed by atoms with Gasteiger partial charge in [-0.3, -0.25) is 0 Å². The van der Waals surface area contributed by atoms with E-state index in [0.29, 0.717) is 0 Å². The fraction of sp³-hybridized carbons (Fsp3) is 0.889. The summed E-state index contributed by atoms with van der Waals surface area (Å²) in [7, 11) is 0. The zero-order valence-corrected chi connectivity index (χ0v) is 8.90. The van der Waals surface area contributed by atoms with Gasteiger partial charge in [0.05, 0.1) is 6.04 Å². The molecule has 1 amide bonds. The highest BCUT2D eigenvalue weighted by Gasteiger charge is 2.42. The van der Waals surface area contributed by atoms with Crippen molar-refractivity contribution in [1.82, 2.24) is 5.32 Å². The Balaban J connectivity index is 2.27. The van der Waals surface area contributed by atoms with Crippen LogP contribution in [0.3, 0.4) is 0 Å². The molecule has 5 nitrogen and oxygen atoms in total. The van der Waals surface area contributed by atoms with Crippen LogP contribution in [0.2, 0.25) is 0 Å². The van der Waals surface area contributed by atoms with E-state index in [0.717, 1.165) is 0 Å². The first kappa shape index (κ1) is 11.3. The minimum absolute atomic E-state index is 0.236. The number of epoxide rings is 1. The predicted molar refractivity (Wildman–Crippen MR) is 49.7 cm³/mol. The number of rotatable bonds is 2. The Hall–Kier alpha value is -0.810. The molecule has 1 heterocycles. The van der Waals surface area contributed by atoms with Gasteiger partial charge in [0.1, 0.15) is 11.7 Å². The summed E-state index contributed by atoms with van der Waals surface area (Å²) < 4.78 is 9.83. The number of aliphatic hydroxyl groups is 1. The molecule has 3 atom stereocenters. The Labute approximate surface area is 83.4 Å². The summed E-state index contributed by atoms with van der Waals surface area (Å²) in [6.45, 7) is 7.13. The summed E-state index contributed by atoms with van der Waals surface area (Å²) in [5.41, 5.74) is -0.507. The molecule has 2 N–H and O–H groups in total. The van der Waals surface area contributed by atoms with E-state index in [1.807, 2.05) is 0 Å². The monoisotopic (exact) mass is 203 g/mol. The van der Waals surface area contributed by atoms with Gasteiger partial charge in [-0.25, -0.2) is 4.79 Å². The van der Waals surface area contributed by atoms with Crippen LogP contribution in [-0.4, -0.2) is 35.2 Å². The smallest absolute Gasteiger partial charge is 0.407 e. The minimum atomic E-state index is -0.750. The van der Waals surface area contributed by atoms with Crippen LogP contribution in [0.15, 0.2) is 0 Å². The average Bonchev–Trinajstić information content (AvgIpc) is 2.61. The second-order valence-electron chi connectivity index (χ2n) is 4.43. The van der Waals surface area contributed by atoms with Crippen LogP contribution in [0.25, 0.3) is 0 Å². The van der Waals surface area contributed by atoms with E-state index in [-0.39, 0.29) is 12.1 Å². The number of hydrogen-bond acceptors (Lipinski definition) is 4. The Morgan fingerprint density at radius 1 is 1.57 bits per heavy atom. The van der Waals surface area contributed by atoms with E-state index >= 15 is 0 Å². The van der Waals surface area contributed by atoms with E-state index < -0.39 is 18.0 Å². The molecule has 82 valence electrons. The first-order valence-corrected chi connectivity index (χ1v) is 4.62. The molecule has 0 saturated carbocycles. The Morgan fingerprint density at radius 3 is 2.43 bits per heavy atom. The first-order valence-electron chi connectivity index (χ1n) is 4.62. The van der Waals surface area contributed by atoms with Crippen LogP contribution in [0.1, 0.15) is 27.7 Å². The van der Waals surface area contributed by atoms with Crippen molar-refractivity contribution in [1.29, 1.82) is 0 Å². The normalized spacial score (nSPS) is 28.1.